The first-order chi connectivity index (χ1) is 12.3. The van der Waals surface area contributed by atoms with Gasteiger partial charge in [-0.25, -0.2) is 4.79 Å². The molecule has 1 aromatic rings. The van der Waals surface area contributed by atoms with Crippen molar-refractivity contribution in [2.45, 2.75) is 49.9 Å². The molecule has 2 aliphatic carbocycles. The molecule has 4 rings (SSSR count). The van der Waals surface area contributed by atoms with Crippen molar-refractivity contribution in [3.8, 4) is 0 Å². The van der Waals surface area contributed by atoms with Gasteiger partial charge in [0.15, 0.2) is 0 Å². The summed E-state index contributed by atoms with van der Waals surface area (Å²) < 4.78 is 48.8. The molecule has 1 N–H and O–H groups in total. The highest BCUT2D eigenvalue weighted by atomic mass is 35.5. The number of carbonyl (C=O) groups excluding carboxylic acids is 1. The van der Waals surface area contributed by atoms with Gasteiger partial charge in [0, 0.05) is 22.3 Å². The van der Waals surface area contributed by atoms with E-state index >= 15 is 0 Å². The van der Waals surface area contributed by atoms with E-state index in [2.05, 4.69) is 5.32 Å². The van der Waals surface area contributed by atoms with Gasteiger partial charge in [-0.1, -0.05) is 11.6 Å². The van der Waals surface area contributed by atoms with Crippen LogP contribution in [-0.2, 0) is 10.3 Å². The van der Waals surface area contributed by atoms with Crippen molar-refractivity contribution < 1.29 is 22.7 Å². The molecule has 4 nitrogen and oxygen atoms in total. The molecule has 0 aromatic heterocycles. The van der Waals surface area contributed by atoms with E-state index in [1.54, 1.807) is 0 Å². The molecule has 2 saturated carbocycles. The molecule has 1 heterocycles. The molecule has 1 unspecified atom stereocenters. The number of fused-ring (bicyclic) bond motifs is 1. The van der Waals surface area contributed by atoms with Gasteiger partial charge in [-0.05, 0) is 56.2 Å². The van der Waals surface area contributed by atoms with Gasteiger partial charge in [0.25, 0.3) is 0 Å². The number of carbonyl (C=O) groups is 1. The molecular weight excluding hydrogens is 369 g/mol. The van der Waals surface area contributed by atoms with Crippen LogP contribution in [-0.4, -0.2) is 36.3 Å². The average Bonchev–Trinajstić information content (AvgIpc) is 3.33. The van der Waals surface area contributed by atoms with Crippen molar-refractivity contribution >= 4 is 23.3 Å². The minimum absolute atomic E-state index is 0.0260. The first kappa shape index (κ1) is 17.9. The lowest BCUT2D eigenvalue weighted by Gasteiger charge is -2.43. The van der Waals surface area contributed by atoms with Crippen molar-refractivity contribution in [3.63, 3.8) is 0 Å². The van der Waals surface area contributed by atoms with Crippen LogP contribution in [0.25, 0.3) is 0 Å². The maximum Gasteiger partial charge on any atom is 0.423 e. The van der Waals surface area contributed by atoms with Crippen LogP contribution in [0.3, 0.4) is 0 Å². The lowest BCUT2D eigenvalue weighted by atomic mass is 9.87. The van der Waals surface area contributed by atoms with E-state index in [0.29, 0.717) is 12.8 Å². The van der Waals surface area contributed by atoms with Gasteiger partial charge >= 0.3 is 12.2 Å². The minimum Gasteiger partial charge on any atom is -0.359 e. The Kier molecular flexibility index (Phi) is 4.34. The van der Waals surface area contributed by atoms with E-state index in [9.17, 15) is 18.0 Å². The lowest BCUT2D eigenvalue weighted by Crippen LogP contribution is -2.56. The summed E-state index contributed by atoms with van der Waals surface area (Å²) >= 11 is 6.01. The zero-order valence-corrected chi connectivity index (χ0v) is 14.9. The molecule has 0 bridgehead atoms. The van der Waals surface area contributed by atoms with Crippen molar-refractivity contribution in [3.05, 3.63) is 28.8 Å². The molecule has 26 heavy (non-hydrogen) atoms. The van der Waals surface area contributed by atoms with E-state index < -0.39 is 24.4 Å². The van der Waals surface area contributed by atoms with Crippen molar-refractivity contribution in [1.29, 1.82) is 0 Å². The number of anilines is 1. The van der Waals surface area contributed by atoms with E-state index in [1.807, 2.05) is 0 Å². The molecule has 1 aliphatic heterocycles. The van der Waals surface area contributed by atoms with E-state index in [0.717, 1.165) is 19.3 Å². The largest absolute Gasteiger partial charge is 0.423 e. The van der Waals surface area contributed by atoms with E-state index in [4.69, 9.17) is 16.3 Å². The zero-order chi connectivity index (χ0) is 18.5. The fraction of sp³-hybridized carbons (Fsp3) is 0.611. The number of alkyl halides is 3. The highest BCUT2D eigenvalue weighted by Gasteiger charge is 2.61. The summed E-state index contributed by atoms with van der Waals surface area (Å²) in [6, 6.07) is 3.45. The molecule has 0 radical (unpaired) electrons. The molecule has 8 heteroatoms. The molecule has 2 fully saturated rings. The standard InChI is InChI=1S/C18H20ClF3N2O2/c19-12-6-7-15-14(8-12)17(18(20,21)22,26-9-11-4-5-11)10-24(16(25)23-15)13-2-1-3-13/h6-8,11,13H,1-5,9-10H2,(H,23,25). The Morgan fingerprint density at radius 2 is 2.00 bits per heavy atom. The number of benzene rings is 1. The monoisotopic (exact) mass is 388 g/mol. The summed E-state index contributed by atoms with van der Waals surface area (Å²) in [5, 5.41) is 2.81. The van der Waals surface area contributed by atoms with Crippen molar-refractivity contribution in [1.82, 2.24) is 4.90 Å². The molecule has 2 amide bonds. The van der Waals surface area contributed by atoms with Crippen LogP contribution in [0.5, 0.6) is 0 Å². The molecule has 0 spiro atoms. The maximum absolute atomic E-state index is 14.4. The third-order valence-electron chi connectivity index (χ3n) is 5.55. The highest BCUT2D eigenvalue weighted by molar-refractivity contribution is 6.30. The molecule has 142 valence electrons. The SMILES string of the molecule is O=C1Nc2ccc(Cl)cc2C(OCC2CC2)(C(F)(F)F)CN1C1CCC1. The number of ether oxygens (including phenoxy) is 1. The molecule has 1 atom stereocenters. The summed E-state index contributed by atoms with van der Waals surface area (Å²) in [6.45, 7) is -0.523. The third-order valence-corrected chi connectivity index (χ3v) is 5.78. The summed E-state index contributed by atoms with van der Waals surface area (Å²) in [5.74, 6) is 0.154. The number of rotatable bonds is 4. The van der Waals surface area contributed by atoms with Crippen LogP contribution in [0.2, 0.25) is 5.02 Å². The van der Waals surface area contributed by atoms with Gasteiger partial charge in [-0.2, -0.15) is 13.2 Å². The summed E-state index contributed by atoms with van der Waals surface area (Å²) in [5.41, 5.74) is -2.59. The van der Waals surface area contributed by atoms with Crippen LogP contribution in [0, 0.1) is 5.92 Å². The Morgan fingerprint density at radius 1 is 1.27 bits per heavy atom. The van der Waals surface area contributed by atoms with Crippen LogP contribution >= 0.6 is 11.6 Å². The smallest absolute Gasteiger partial charge is 0.359 e. The summed E-state index contributed by atoms with van der Waals surface area (Å²) in [6.07, 6.45) is -0.604. The minimum atomic E-state index is -4.68. The molecule has 1 aromatic carbocycles. The number of hydrogen-bond acceptors (Lipinski definition) is 2. The second-order valence-corrected chi connectivity index (χ2v) is 7.85. The fourth-order valence-electron chi connectivity index (χ4n) is 3.53. The number of hydrogen-bond donors (Lipinski definition) is 1. The second-order valence-electron chi connectivity index (χ2n) is 7.41. The predicted octanol–water partition coefficient (Wildman–Crippen LogP) is 4.92. The predicted molar refractivity (Wildman–Crippen MR) is 91.2 cm³/mol. The van der Waals surface area contributed by atoms with Crippen LogP contribution in [0.15, 0.2) is 18.2 Å². The van der Waals surface area contributed by atoms with Crippen LogP contribution in [0.4, 0.5) is 23.7 Å². The second kappa shape index (κ2) is 6.30. The Balaban J connectivity index is 1.82. The van der Waals surface area contributed by atoms with E-state index in [-0.39, 0.29) is 34.8 Å². The van der Waals surface area contributed by atoms with Gasteiger partial charge in [0.1, 0.15) is 0 Å². The number of amides is 2. The number of nitrogens with one attached hydrogen (secondary N) is 1. The average molecular weight is 389 g/mol. The molecule has 0 saturated heterocycles. The topological polar surface area (TPSA) is 41.6 Å². The van der Waals surface area contributed by atoms with Crippen molar-refractivity contribution in [2.24, 2.45) is 5.92 Å². The van der Waals surface area contributed by atoms with Crippen molar-refractivity contribution in [2.75, 3.05) is 18.5 Å². The number of urea groups is 1. The van der Waals surface area contributed by atoms with Gasteiger partial charge < -0.3 is 15.0 Å². The Bertz CT molecular complexity index is 719. The molecule has 3 aliphatic rings. The number of halogens is 4. The zero-order valence-electron chi connectivity index (χ0n) is 14.1. The van der Waals surface area contributed by atoms with Gasteiger partial charge in [0.05, 0.1) is 13.2 Å². The lowest BCUT2D eigenvalue weighted by molar-refractivity contribution is -0.290. The highest BCUT2D eigenvalue weighted by Crippen LogP contribution is 2.49. The maximum atomic E-state index is 14.4. The fourth-order valence-corrected chi connectivity index (χ4v) is 3.70. The quantitative estimate of drug-likeness (QED) is 0.795. The van der Waals surface area contributed by atoms with Gasteiger partial charge in [-0.3, -0.25) is 0 Å². The van der Waals surface area contributed by atoms with Gasteiger partial charge in [0.2, 0.25) is 5.60 Å². The van der Waals surface area contributed by atoms with Crippen LogP contribution in [0.1, 0.15) is 37.7 Å². The van der Waals surface area contributed by atoms with Crippen LogP contribution < -0.4 is 5.32 Å². The Hall–Kier alpha value is -1.47. The Labute approximate surface area is 154 Å². The summed E-state index contributed by atoms with van der Waals surface area (Å²) in [4.78, 5) is 13.9. The Morgan fingerprint density at radius 3 is 2.58 bits per heavy atom. The van der Waals surface area contributed by atoms with Gasteiger partial charge in [-0.15, -0.1) is 0 Å². The third kappa shape index (κ3) is 3.05. The first-order valence-corrected chi connectivity index (χ1v) is 9.26. The van der Waals surface area contributed by atoms with E-state index in [1.165, 1.54) is 23.1 Å². The summed E-state index contributed by atoms with van der Waals surface area (Å²) in [7, 11) is 0. The molecular formula is C18H20ClF3N2O2. The number of nitrogens with zero attached hydrogens (tertiary/aromatic N) is 1. The normalized spacial score (nSPS) is 26.8. The first-order valence-electron chi connectivity index (χ1n) is 8.88.